The fraction of sp³-hybridized carbons (Fsp3) is 0.867. The van der Waals surface area contributed by atoms with E-state index in [1.54, 1.807) is 0 Å². The van der Waals surface area contributed by atoms with Gasteiger partial charge in [0.15, 0.2) is 11.7 Å². The smallest absolute Gasteiger partial charge is 0.321 e. The maximum atomic E-state index is 11.6. The molecule has 0 saturated carbocycles. The molecule has 0 aliphatic carbocycles. The largest absolute Gasteiger partial charge is 0.480 e. The molecule has 1 aliphatic heterocycles. The van der Waals surface area contributed by atoms with E-state index in [9.17, 15) is 19.8 Å². The lowest BCUT2D eigenvalue weighted by molar-refractivity contribution is -0.183. The number of ether oxygens (including phenoxy) is 2. The molecule has 1 saturated heterocycles. The van der Waals surface area contributed by atoms with Crippen molar-refractivity contribution in [2.45, 2.75) is 58.7 Å². The van der Waals surface area contributed by atoms with Crippen molar-refractivity contribution in [3.8, 4) is 0 Å². The van der Waals surface area contributed by atoms with E-state index >= 15 is 0 Å². The molecule has 0 aromatic carbocycles. The average molecular weight is 302 g/mol. The lowest BCUT2D eigenvalue weighted by Crippen LogP contribution is -2.46. The highest BCUT2D eigenvalue weighted by Gasteiger charge is 2.51. The highest BCUT2D eigenvalue weighted by atomic mass is 16.7. The molecule has 122 valence electrons. The van der Waals surface area contributed by atoms with Crippen molar-refractivity contribution >= 4 is 11.9 Å². The van der Waals surface area contributed by atoms with Gasteiger partial charge < -0.3 is 19.7 Å². The Labute approximate surface area is 125 Å². The molecule has 1 fully saturated rings. The van der Waals surface area contributed by atoms with Crippen molar-refractivity contribution in [1.29, 1.82) is 0 Å². The zero-order valence-electron chi connectivity index (χ0n) is 12.8. The molecule has 1 atom stereocenters. The minimum atomic E-state index is -1.78. The van der Waals surface area contributed by atoms with Crippen molar-refractivity contribution < 1.29 is 29.3 Å². The van der Waals surface area contributed by atoms with Gasteiger partial charge in [-0.2, -0.15) is 0 Å². The van der Waals surface area contributed by atoms with Crippen LogP contribution in [0.2, 0.25) is 0 Å². The second kappa shape index (κ2) is 8.34. The van der Waals surface area contributed by atoms with Crippen molar-refractivity contribution in [3.63, 3.8) is 0 Å². The molecule has 1 rings (SSSR count). The van der Waals surface area contributed by atoms with E-state index in [2.05, 4.69) is 0 Å². The second-order valence-corrected chi connectivity index (χ2v) is 5.51. The third-order valence-corrected chi connectivity index (χ3v) is 4.38. The first-order valence-corrected chi connectivity index (χ1v) is 7.69. The molecular formula is C15H26O6. The summed E-state index contributed by atoms with van der Waals surface area (Å²) in [6, 6.07) is 0. The Hall–Kier alpha value is -1.14. The summed E-state index contributed by atoms with van der Waals surface area (Å²) >= 11 is 0. The quantitative estimate of drug-likeness (QED) is 0.636. The van der Waals surface area contributed by atoms with Crippen LogP contribution in [0.3, 0.4) is 0 Å². The van der Waals surface area contributed by atoms with Gasteiger partial charge in [0, 0.05) is 6.61 Å². The van der Waals surface area contributed by atoms with Gasteiger partial charge in [-0.25, -0.2) is 0 Å². The Morgan fingerprint density at radius 1 is 1.24 bits per heavy atom. The molecule has 1 heterocycles. The SMILES string of the molecule is CCC(CC)C(CCOC1CCCCO1)(C(=O)O)C(=O)O. The topological polar surface area (TPSA) is 93.1 Å². The van der Waals surface area contributed by atoms with E-state index < -0.39 is 23.3 Å². The van der Waals surface area contributed by atoms with E-state index in [-0.39, 0.29) is 19.3 Å². The third kappa shape index (κ3) is 4.17. The number of hydrogen-bond donors (Lipinski definition) is 2. The first-order valence-electron chi connectivity index (χ1n) is 7.69. The molecule has 1 aliphatic rings. The Morgan fingerprint density at radius 3 is 2.29 bits per heavy atom. The fourth-order valence-corrected chi connectivity index (χ4v) is 3.04. The van der Waals surface area contributed by atoms with Crippen LogP contribution in [-0.4, -0.2) is 41.7 Å². The molecule has 0 aromatic heterocycles. The van der Waals surface area contributed by atoms with E-state index in [4.69, 9.17) is 9.47 Å². The third-order valence-electron chi connectivity index (χ3n) is 4.38. The van der Waals surface area contributed by atoms with Crippen LogP contribution in [0.4, 0.5) is 0 Å². The lowest BCUT2D eigenvalue weighted by Gasteiger charge is -2.33. The number of aliphatic carboxylic acids is 2. The predicted octanol–water partition coefficient (Wildman–Crippen LogP) is 2.51. The molecule has 6 heteroatoms. The van der Waals surface area contributed by atoms with Gasteiger partial charge in [0.05, 0.1) is 6.61 Å². The predicted molar refractivity (Wildman–Crippen MR) is 75.9 cm³/mol. The monoisotopic (exact) mass is 302 g/mol. The van der Waals surface area contributed by atoms with Gasteiger partial charge in [-0.3, -0.25) is 9.59 Å². The summed E-state index contributed by atoms with van der Waals surface area (Å²) < 4.78 is 10.9. The van der Waals surface area contributed by atoms with Crippen molar-refractivity contribution in [1.82, 2.24) is 0 Å². The van der Waals surface area contributed by atoms with Crippen molar-refractivity contribution in [2.24, 2.45) is 11.3 Å². The summed E-state index contributed by atoms with van der Waals surface area (Å²) in [6.07, 6.45) is 3.44. The molecule has 2 N–H and O–H groups in total. The number of carboxylic acid groups (broad SMARTS) is 2. The van der Waals surface area contributed by atoms with Gasteiger partial charge in [0.2, 0.25) is 0 Å². The van der Waals surface area contributed by atoms with E-state index in [0.29, 0.717) is 19.4 Å². The lowest BCUT2D eigenvalue weighted by atomic mass is 9.70. The molecule has 1 unspecified atom stereocenters. The molecule has 0 radical (unpaired) electrons. The van der Waals surface area contributed by atoms with Crippen LogP contribution in [-0.2, 0) is 19.1 Å². The van der Waals surface area contributed by atoms with Gasteiger partial charge in [-0.1, -0.05) is 26.7 Å². The summed E-state index contributed by atoms with van der Waals surface area (Å²) in [4.78, 5) is 23.3. The first kappa shape index (κ1) is 17.9. The van der Waals surface area contributed by atoms with Crippen molar-refractivity contribution in [3.05, 3.63) is 0 Å². The molecular weight excluding hydrogens is 276 g/mol. The average Bonchev–Trinajstić information content (AvgIpc) is 2.47. The highest BCUT2D eigenvalue weighted by Crippen LogP contribution is 2.37. The Kier molecular flexibility index (Phi) is 7.11. The van der Waals surface area contributed by atoms with Crippen LogP contribution in [0.15, 0.2) is 0 Å². The van der Waals surface area contributed by atoms with Crippen LogP contribution in [0.1, 0.15) is 52.4 Å². The maximum absolute atomic E-state index is 11.6. The standard InChI is InChI=1S/C15H26O6/c1-3-11(4-2)15(13(16)17,14(18)19)8-10-21-12-7-5-6-9-20-12/h11-12H,3-10H2,1-2H3,(H,16,17)(H,18,19). The van der Waals surface area contributed by atoms with Crippen molar-refractivity contribution in [2.75, 3.05) is 13.2 Å². The van der Waals surface area contributed by atoms with Crippen LogP contribution in [0.5, 0.6) is 0 Å². The highest BCUT2D eigenvalue weighted by molar-refractivity contribution is 5.98. The Morgan fingerprint density at radius 2 is 1.86 bits per heavy atom. The summed E-state index contributed by atoms with van der Waals surface area (Å²) in [7, 11) is 0. The van der Waals surface area contributed by atoms with Gasteiger partial charge in [0.25, 0.3) is 0 Å². The summed E-state index contributed by atoms with van der Waals surface area (Å²) in [5, 5.41) is 19.0. The summed E-state index contributed by atoms with van der Waals surface area (Å²) in [5.74, 6) is -2.97. The van der Waals surface area contributed by atoms with E-state index in [1.807, 2.05) is 13.8 Å². The fourth-order valence-electron chi connectivity index (χ4n) is 3.04. The van der Waals surface area contributed by atoms with Gasteiger partial charge >= 0.3 is 11.9 Å². The van der Waals surface area contributed by atoms with E-state index in [0.717, 1.165) is 19.3 Å². The molecule has 0 aromatic rings. The zero-order chi connectivity index (χ0) is 15.9. The number of carboxylic acids is 2. The van der Waals surface area contributed by atoms with Crippen LogP contribution in [0, 0.1) is 11.3 Å². The van der Waals surface area contributed by atoms with Crippen LogP contribution >= 0.6 is 0 Å². The first-order chi connectivity index (χ1) is 9.98. The minimum absolute atomic E-state index is 0.0378. The second-order valence-electron chi connectivity index (χ2n) is 5.51. The van der Waals surface area contributed by atoms with Crippen LogP contribution < -0.4 is 0 Å². The van der Waals surface area contributed by atoms with E-state index in [1.165, 1.54) is 0 Å². The Balaban J connectivity index is 2.72. The van der Waals surface area contributed by atoms with Gasteiger partial charge in [-0.15, -0.1) is 0 Å². The summed E-state index contributed by atoms with van der Waals surface area (Å²) in [6.45, 7) is 4.36. The maximum Gasteiger partial charge on any atom is 0.321 e. The minimum Gasteiger partial charge on any atom is -0.480 e. The summed E-state index contributed by atoms with van der Waals surface area (Å²) in [5.41, 5.74) is -1.78. The molecule has 21 heavy (non-hydrogen) atoms. The zero-order valence-corrected chi connectivity index (χ0v) is 12.8. The number of rotatable bonds is 9. The molecule has 6 nitrogen and oxygen atoms in total. The molecule has 0 amide bonds. The normalized spacial score (nSPS) is 19.7. The number of carbonyl (C=O) groups is 2. The van der Waals surface area contributed by atoms with Crippen LogP contribution in [0.25, 0.3) is 0 Å². The van der Waals surface area contributed by atoms with Gasteiger partial charge in [0.1, 0.15) is 0 Å². The van der Waals surface area contributed by atoms with Gasteiger partial charge in [-0.05, 0) is 31.6 Å². The molecule has 0 spiro atoms. The molecule has 0 bridgehead atoms. The Bertz CT molecular complexity index is 330. The number of hydrogen-bond acceptors (Lipinski definition) is 4.